The van der Waals surface area contributed by atoms with Crippen molar-refractivity contribution in [3.8, 4) is 0 Å². The average Bonchev–Trinajstić information content (AvgIpc) is 2.84. The molecule has 2 heterocycles. The smallest absolute Gasteiger partial charge is 0.341 e. The van der Waals surface area contributed by atoms with Crippen molar-refractivity contribution in [3.63, 3.8) is 0 Å². The summed E-state index contributed by atoms with van der Waals surface area (Å²) in [7, 11) is 4.20. The lowest BCUT2D eigenvalue weighted by Crippen LogP contribution is -3.06. The summed E-state index contributed by atoms with van der Waals surface area (Å²) < 4.78 is 5.24. The van der Waals surface area contributed by atoms with Crippen LogP contribution in [0.4, 0.5) is 5.00 Å². The number of anilines is 1. The number of hydrogen-bond acceptors (Lipinski definition) is 5. The third kappa shape index (κ3) is 5.07. The molecule has 0 bridgehead atoms. The van der Waals surface area contributed by atoms with Crippen LogP contribution in [-0.2, 0) is 16.9 Å². The highest BCUT2D eigenvalue weighted by molar-refractivity contribution is 7.98. The Morgan fingerprint density at radius 1 is 1.43 bits per heavy atom. The lowest BCUT2D eigenvalue weighted by molar-refractivity contribution is -0.856. The van der Waals surface area contributed by atoms with Gasteiger partial charge in [-0.2, -0.15) is 11.8 Å². The maximum absolute atomic E-state index is 12.4. The van der Waals surface area contributed by atoms with Crippen molar-refractivity contribution in [1.29, 1.82) is 0 Å². The Balaban J connectivity index is 2.12. The monoisotopic (exact) mass is 374 g/mol. The minimum absolute atomic E-state index is 0.250. The summed E-state index contributed by atoms with van der Waals surface area (Å²) in [5.74, 6) is 1.75. The summed E-state index contributed by atoms with van der Waals surface area (Å²) in [6, 6.07) is 0. The van der Waals surface area contributed by atoms with Crippen LogP contribution >= 0.6 is 35.3 Å². The van der Waals surface area contributed by atoms with E-state index >= 15 is 0 Å². The van der Waals surface area contributed by atoms with Gasteiger partial charge in [-0.1, -0.05) is 0 Å². The SMILES string of the molecule is CCOC(=O)c1c(NC(=S)NCC[NH+](C)C)sc2c1CCSC2. The van der Waals surface area contributed by atoms with Gasteiger partial charge in [0.05, 0.1) is 39.4 Å². The fraction of sp³-hybridized carbons (Fsp3) is 0.600. The molecule has 23 heavy (non-hydrogen) atoms. The van der Waals surface area contributed by atoms with Gasteiger partial charge < -0.3 is 20.3 Å². The number of ether oxygens (including phenoxy) is 1. The molecule has 5 nitrogen and oxygen atoms in total. The average molecular weight is 375 g/mol. The van der Waals surface area contributed by atoms with Crippen LogP contribution in [0.1, 0.15) is 27.7 Å². The van der Waals surface area contributed by atoms with E-state index in [-0.39, 0.29) is 5.97 Å². The molecule has 1 aliphatic rings. The third-order valence-corrected chi connectivity index (χ3v) is 6.00. The Kier molecular flexibility index (Phi) is 7.13. The van der Waals surface area contributed by atoms with Crippen LogP contribution < -0.4 is 15.5 Å². The van der Waals surface area contributed by atoms with Crippen molar-refractivity contribution in [1.82, 2.24) is 5.32 Å². The van der Waals surface area contributed by atoms with Gasteiger partial charge in [-0.15, -0.1) is 11.3 Å². The first-order valence-electron chi connectivity index (χ1n) is 7.76. The number of likely N-dealkylation sites (N-methyl/N-ethyl adjacent to an activating group) is 1. The molecule has 128 valence electrons. The van der Waals surface area contributed by atoms with E-state index in [0.717, 1.165) is 41.6 Å². The molecule has 0 saturated carbocycles. The van der Waals surface area contributed by atoms with E-state index in [1.165, 1.54) is 9.78 Å². The molecule has 0 saturated heterocycles. The van der Waals surface area contributed by atoms with Crippen molar-refractivity contribution in [3.05, 3.63) is 16.0 Å². The molecule has 0 aliphatic carbocycles. The molecule has 1 aromatic heterocycles. The van der Waals surface area contributed by atoms with Crippen LogP contribution in [0, 0.1) is 0 Å². The Labute approximate surface area is 151 Å². The molecular formula is C15H24N3O2S3+. The molecule has 0 atom stereocenters. The predicted molar refractivity (Wildman–Crippen MR) is 102 cm³/mol. The van der Waals surface area contributed by atoms with E-state index in [1.54, 1.807) is 11.3 Å². The number of thiocarbonyl (C=S) groups is 1. The maximum atomic E-state index is 12.4. The van der Waals surface area contributed by atoms with Gasteiger partial charge in [0.25, 0.3) is 0 Å². The summed E-state index contributed by atoms with van der Waals surface area (Å²) in [6.45, 7) is 3.98. The lowest BCUT2D eigenvalue weighted by atomic mass is 10.1. The van der Waals surface area contributed by atoms with Crippen LogP contribution in [0.5, 0.6) is 0 Å². The van der Waals surface area contributed by atoms with Crippen LogP contribution in [0.3, 0.4) is 0 Å². The highest BCUT2D eigenvalue weighted by Crippen LogP contribution is 2.39. The molecule has 8 heteroatoms. The predicted octanol–water partition coefficient (Wildman–Crippen LogP) is 1.14. The van der Waals surface area contributed by atoms with Gasteiger partial charge in [0.2, 0.25) is 0 Å². The second kappa shape index (κ2) is 8.86. The van der Waals surface area contributed by atoms with Gasteiger partial charge in [-0.05, 0) is 36.9 Å². The zero-order valence-corrected chi connectivity index (χ0v) is 16.2. The summed E-state index contributed by atoms with van der Waals surface area (Å²) in [5.41, 5.74) is 1.81. The summed E-state index contributed by atoms with van der Waals surface area (Å²) in [4.78, 5) is 15.0. The number of fused-ring (bicyclic) bond motifs is 1. The number of rotatable bonds is 6. The van der Waals surface area contributed by atoms with Crippen molar-refractivity contribution in [2.24, 2.45) is 0 Å². The number of thioether (sulfide) groups is 1. The topological polar surface area (TPSA) is 54.8 Å². The van der Waals surface area contributed by atoms with E-state index in [4.69, 9.17) is 17.0 Å². The molecule has 0 spiro atoms. The van der Waals surface area contributed by atoms with E-state index in [9.17, 15) is 4.79 Å². The Morgan fingerprint density at radius 2 is 2.22 bits per heavy atom. The number of carbonyl (C=O) groups excluding carboxylic acids is 1. The Morgan fingerprint density at radius 3 is 2.91 bits per heavy atom. The molecule has 0 radical (unpaired) electrons. The van der Waals surface area contributed by atoms with Crippen molar-refractivity contribution in [2.45, 2.75) is 19.1 Å². The van der Waals surface area contributed by atoms with Gasteiger partial charge in [-0.25, -0.2) is 4.79 Å². The Hall–Kier alpha value is -0.830. The number of quaternary nitrogens is 1. The fourth-order valence-electron chi connectivity index (χ4n) is 2.31. The van der Waals surface area contributed by atoms with Crippen molar-refractivity contribution in [2.75, 3.05) is 44.9 Å². The molecule has 0 aromatic carbocycles. The van der Waals surface area contributed by atoms with E-state index in [2.05, 4.69) is 24.7 Å². The number of thiophene rings is 1. The quantitative estimate of drug-likeness (QED) is 0.513. The van der Waals surface area contributed by atoms with Gasteiger partial charge in [-0.3, -0.25) is 0 Å². The molecule has 0 amide bonds. The van der Waals surface area contributed by atoms with E-state index in [1.807, 2.05) is 18.7 Å². The Bertz CT molecular complexity index is 573. The van der Waals surface area contributed by atoms with Crippen LogP contribution in [0.25, 0.3) is 0 Å². The highest BCUT2D eigenvalue weighted by atomic mass is 32.2. The zero-order valence-electron chi connectivity index (χ0n) is 13.8. The first-order chi connectivity index (χ1) is 11.0. The fourth-order valence-corrected chi connectivity index (χ4v) is 4.96. The molecule has 0 unspecified atom stereocenters. The van der Waals surface area contributed by atoms with Gasteiger partial charge in [0, 0.05) is 10.6 Å². The molecule has 2 rings (SSSR count). The standard InChI is InChI=1S/C15H23N3O2S3/c1-4-20-14(19)12-10-5-8-22-9-11(10)23-13(12)17-15(21)16-6-7-18(2)3/h4-9H2,1-3H3,(H2,16,17,21)/p+1. The minimum atomic E-state index is -0.250. The first-order valence-corrected chi connectivity index (χ1v) is 10.1. The lowest BCUT2D eigenvalue weighted by Gasteiger charge is -2.13. The second-order valence-electron chi connectivity index (χ2n) is 5.57. The van der Waals surface area contributed by atoms with Crippen molar-refractivity contribution < 1.29 is 14.4 Å². The second-order valence-corrected chi connectivity index (χ2v) is 8.19. The molecule has 1 aliphatic heterocycles. The van der Waals surface area contributed by atoms with Gasteiger partial charge >= 0.3 is 5.97 Å². The minimum Gasteiger partial charge on any atom is -0.462 e. The number of carbonyl (C=O) groups is 1. The number of esters is 1. The van der Waals surface area contributed by atoms with Crippen molar-refractivity contribution >= 4 is 51.4 Å². The van der Waals surface area contributed by atoms with Crippen LogP contribution in [0.15, 0.2) is 0 Å². The molecule has 3 N–H and O–H groups in total. The summed E-state index contributed by atoms with van der Waals surface area (Å²) in [6.07, 6.45) is 0.913. The van der Waals surface area contributed by atoms with E-state index in [0.29, 0.717) is 17.3 Å². The van der Waals surface area contributed by atoms with Crippen LogP contribution in [-0.4, -0.2) is 50.6 Å². The summed E-state index contributed by atoms with van der Waals surface area (Å²) in [5, 5.41) is 7.76. The molecule has 0 fully saturated rings. The molecular weight excluding hydrogens is 350 g/mol. The van der Waals surface area contributed by atoms with E-state index < -0.39 is 0 Å². The van der Waals surface area contributed by atoms with Crippen LogP contribution in [0.2, 0.25) is 0 Å². The number of nitrogens with one attached hydrogen (secondary N) is 3. The largest absolute Gasteiger partial charge is 0.462 e. The number of hydrogen-bond donors (Lipinski definition) is 3. The van der Waals surface area contributed by atoms with Gasteiger partial charge in [0.15, 0.2) is 5.11 Å². The molecule has 1 aromatic rings. The normalized spacial score (nSPS) is 13.6. The highest BCUT2D eigenvalue weighted by Gasteiger charge is 2.26. The summed E-state index contributed by atoms with van der Waals surface area (Å²) >= 11 is 8.88. The maximum Gasteiger partial charge on any atom is 0.341 e. The van der Waals surface area contributed by atoms with Gasteiger partial charge in [0.1, 0.15) is 5.00 Å². The zero-order chi connectivity index (χ0) is 16.8. The first kappa shape index (κ1) is 18.5. The third-order valence-electron chi connectivity index (χ3n) is 3.44.